The van der Waals surface area contributed by atoms with Gasteiger partial charge in [-0.25, -0.2) is 14.6 Å². The molecule has 0 aliphatic carbocycles. The maximum absolute atomic E-state index is 13.2. The van der Waals surface area contributed by atoms with Crippen LogP contribution in [0.4, 0.5) is 11.5 Å². The highest BCUT2D eigenvalue weighted by atomic mass is 35.5. The Balaban J connectivity index is 1.41. The van der Waals surface area contributed by atoms with Gasteiger partial charge in [0.1, 0.15) is 28.5 Å². The first kappa shape index (κ1) is 24.0. The van der Waals surface area contributed by atoms with Gasteiger partial charge in [0.15, 0.2) is 0 Å². The highest BCUT2D eigenvalue weighted by molar-refractivity contribution is 6.30. The van der Waals surface area contributed by atoms with Crippen molar-refractivity contribution >= 4 is 29.0 Å². The first-order valence-corrected chi connectivity index (χ1v) is 11.7. The molecule has 0 radical (unpaired) electrons. The van der Waals surface area contributed by atoms with Crippen molar-refractivity contribution in [3.8, 4) is 28.3 Å². The first-order chi connectivity index (χ1) is 17.7. The number of nitrogens with two attached hydrogens (primary N) is 1. The number of carbonyl (C=O) groups excluding carboxylic acids is 1. The van der Waals surface area contributed by atoms with Gasteiger partial charge in [0.05, 0.1) is 17.6 Å². The van der Waals surface area contributed by atoms with Gasteiger partial charge in [-0.15, -0.1) is 0 Å². The van der Waals surface area contributed by atoms with Crippen molar-refractivity contribution < 1.29 is 4.79 Å². The number of halogens is 1. The van der Waals surface area contributed by atoms with Gasteiger partial charge in [0.2, 0.25) is 0 Å². The van der Waals surface area contributed by atoms with Crippen LogP contribution in [0.15, 0.2) is 71.8 Å². The largest absolute Gasteiger partial charge is 0.382 e. The Morgan fingerprint density at radius 2 is 1.81 bits per heavy atom. The summed E-state index contributed by atoms with van der Waals surface area (Å²) in [5.41, 5.74) is 9.80. The average molecular weight is 515 g/mol. The molecule has 0 unspecified atom stereocenters. The van der Waals surface area contributed by atoms with Gasteiger partial charge in [-0.1, -0.05) is 29.8 Å². The zero-order chi connectivity index (χ0) is 26.3. The highest BCUT2D eigenvalue weighted by Crippen LogP contribution is 2.26. The van der Waals surface area contributed by atoms with E-state index in [1.807, 2.05) is 19.3 Å². The van der Waals surface area contributed by atoms with Crippen LogP contribution in [0.5, 0.6) is 0 Å². The van der Waals surface area contributed by atoms with E-state index in [4.69, 9.17) is 17.3 Å². The molecule has 3 aromatic heterocycles. The van der Waals surface area contributed by atoms with Crippen molar-refractivity contribution in [2.45, 2.75) is 6.92 Å². The summed E-state index contributed by atoms with van der Waals surface area (Å²) < 4.78 is 4.72. The van der Waals surface area contributed by atoms with E-state index in [0.717, 1.165) is 5.56 Å². The van der Waals surface area contributed by atoms with Crippen LogP contribution < -0.4 is 16.6 Å². The average Bonchev–Trinajstić information content (AvgIpc) is 3.40. The van der Waals surface area contributed by atoms with Crippen LogP contribution in [0.2, 0.25) is 5.02 Å². The standard InChI is InChI=1S/C26H23ClN8O2/c1-15-22(26(37)35(34(15)3)19-6-4-5-17(27)13-19)25(36)30-18-9-7-16(8-10-18)23-24(28)29-14-21(31-23)20-11-12-33(2)32-20/h4-14H,1-3H3,(H2,28,29)(H,30,36). The molecule has 0 atom stereocenters. The molecule has 0 saturated heterocycles. The molecule has 10 nitrogen and oxygen atoms in total. The number of carbonyl (C=O) groups is 1. The zero-order valence-corrected chi connectivity index (χ0v) is 21.1. The van der Waals surface area contributed by atoms with Crippen molar-refractivity contribution in [2.24, 2.45) is 14.1 Å². The molecule has 0 saturated carbocycles. The Kier molecular flexibility index (Phi) is 6.10. The molecule has 5 aromatic rings. The predicted molar refractivity (Wildman–Crippen MR) is 143 cm³/mol. The van der Waals surface area contributed by atoms with Crippen LogP contribution in [-0.2, 0) is 14.1 Å². The molecule has 5 rings (SSSR count). The molecule has 0 fully saturated rings. The van der Waals surface area contributed by atoms with E-state index in [0.29, 0.717) is 39.2 Å². The van der Waals surface area contributed by atoms with E-state index in [1.165, 1.54) is 4.68 Å². The summed E-state index contributed by atoms with van der Waals surface area (Å²) in [5, 5.41) is 7.65. The lowest BCUT2D eigenvalue weighted by atomic mass is 10.1. The number of nitrogens with zero attached hydrogens (tertiary/aromatic N) is 6. The number of benzene rings is 2. The lowest BCUT2D eigenvalue weighted by molar-refractivity contribution is 0.102. The number of hydrogen-bond donors (Lipinski definition) is 2. The van der Waals surface area contributed by atoms with Crippen LogP contribution in [0.1, 0.15) is 16.1 Å². The fraction of sp³-hybridized carbons (Fsp3) is 0.115. The van der Waals surface area contributed by atoms with E-state index in [-0.39, 0.29) is 11.4 Å². The minimum atomic E-state index is -0.511. The van der Waals surface area contributed by atoms with E-state index >= 15 is 0 Å². The SMILES string of the molecule is Cc1c(C(=O)Nc2ccc(-c3nc(-c4ccn(C)n4)cnc3N)cc2)c(=O)n(-c2cccc(Cl)c2)n1C. The Hall–Kier alpha value is -4.70. The minimum absolute atomic E-state index is 0.0460. The van der Waals surface area contributed by atoms with Gasteiger partial charge in [-0.05, 0) is 43.3 Å². The number of nitrogen functional groups attached to an aromatic ring is 1. The maximum Gasteiger partial charge on any atom is 0.284 e. The van der Waals surface area contributed by atoms with Crippen molar-refractivity contribution in [3.63, 3.8) is 0 Å². The third-order valence-electron chi connectivity index (χ3n) is 6.03. The quantitative estimate of drug-likeness (QED) is 0.367. The number of hydrogen-bond acceptors (Lipinski definition) is 6. The van der Waals surface area contributed by atoms with Crippen LogP contribution in [0.3, 0.4) is 0 Å². The lowest BCUT2D eigenvalue weighted by Gasteiger charge is -2.08. The van der Waals surface area contributed by atoms with Crippen LogP contribution in [0, 0.1) is 6.92 Å². The summed E-state index contributed by atoms with van der Waals surface area (Å²) in [5.74, 6) is -0.235. The zero-order valence-electron chi connectivity index (χ0n) is 20.3. The summed E-state index contributed by atoms with van der Waals surface area (Å²) in [6.07, 6.45) is 3.40. The summed E-state index contributed by atoms with van der Waals surface area (Å²) in [6.45, 7) is 1.72. The van der Waals surface area contributed by atoms with E-state index in [1.54, 1.807) is 78.1 Å². The van der Waals surface area contributed by atoms with Crippen LogP contribution in [0.25, 0.3) is 28.3 Å². The summed E-state index contributed by atoms with van der Waals surface area (Å²) in [6, 6.07) is 15.7. The first-order valence-electron chi connectivity index (χ1n) is 11.3. The number of rotatable bonds is 5. The number of aromatic nitrogens is 6. The van der Waals surface area contributed by atoms with Gasteiger partial charge in [0.25, 0.3) is 11.5 Å². The Labute approximate surface area is 216 Å². The Morgan fingerprint density at radius 3 is 2.49 bits per heavy atom. The second-order valence-electron chi connectivity index (χ2n) is 8.48. The third kappa shape index (κ3) is 4.50. The van der Waals surface area contributed by atoms with E-state index < -0.39 is 11.5 Å². The van der Waals surface area contributed by atoms with Gasteiger partial charge >= 0.3 is 0 Å². The predicted octanol–water partition coefficient (Wildman–Crippen LogP) is 3.83. The molecule has 186 valence electrons. The van der Waals surface area contributed by atoms with E-state index in [9.17, 15) is 9.59 Å². The Morgan fingerprint density at radius 1 is 1.05 bits per heavy atom. The molecule has 1 amide bonds. The van der Waals surface area contributed by atoms with Gasteiger partial charge in [0, 0.05) is 36.6 Å². The van der Waals surface area contributed by atoms with Gasteiger partial charge < -0.3 is 11.1 Å². The lowest BCUT2D eigenvalue weighted by Crippen LogP contribution is -2.25. The normalized spacial score (nSPS) is 11.0. The smallest absolute Gasteiger partial charge is 0.284 e. The maximum atomic E-state index is 13.2. The summed E-state index contributed by atoms with van der Waals surface area (Å²) in [7, 11) is 3.54. The van der Waals surface area contributed by atoms with E-state index in [2.05, 4.69) is 20.4 Å². The van der Waals surface area contributed by atoms with Crippen molar-refractivity contribution in [2.75, 3.05) is 11.1 Å². The molecule has 0 spiro atoms. The second-order valence-corrected chi connectivity index (χ2v) is 8.91. The topological polar surface area (TPSA) is 126 Å². The molecule has 2 aromatic carbocycles. The fourth-order valence-electron chi connectivity index (χ4n) is 4.06. The molecule has 0 aliphatic heterocycles. The number of nitrogens with one attached hydrogen (secondary N) is 1. The van der Waals surface area contributed by atoms with Crippen molar-refractivity contribution in [1.82, 2.24) is 29.1 Å². The number of anilines is 2. The van der Waals surface area contributed by atoms with Gasteiger partial charge in [-0.2, -0.15) is 5.10 Å². The molecular formula is C26H23ClN8O2. The van der Waals surface area contributed by atoms with Crippen LogP contribution >= 0.6 is 11.6 Å². The monoisotopic (exact) mass is 514 g/mol. The summed E-state index contributed by atoms with van der Waals surface area (Å²) in [4.78, 5) is 35.2. The van der Waals surface area contributed by atoms with Crippen LogP contribution in [-0.4, -0.2) is 35.0 Å². The van der Waals surface area contributed by atoms with Crippen molar-refractivity contribution in [1.29, 1.82) is 0 Å². The molecule has 37 heavy (non-hydrogen) atoms. The minimum Gasteiger partial charge on any atom is -0.382 e. The number of aryl methyl sites for hydroxylation is 1. The molecule has 3 N–H and O–H groups in total. The molecule has 0 bridgehead atoms. The fourth-order valence-corrected chi connectivity index (χ4v) is 4.24. The Bertz CT molecular complexity index is 1700. The molecule has 3 heterocycles. The molecular weight excluding hydrogens is 492 g/mol. The summed E-state index contributed by atoms with van der Waals surface area (Å²) >= 11 is 6.10. The molecule has 11 heteroatoms. The van der Waals surface area contributed by atoms with Gasteiger partial charge in [-0.3, -0.25) is 19.0 Å². The third-order valence-corrected chi connectivity index (χ3v) is 6.26. The second kappa shape index (κ2) is 9.40. The molecule has 0 aliphatic rings. The number of amides is 1. The van der Waals surface area contributed by atoms with Crippen molar-refractivity contribution in [3.05, 3.63) is 93.6 Å². The highest BCUT2D eigenvalue weighted by Gasteiger charge is 2.22.